The number of thiophene rings is 1. The van der Waals surface area contributed by atoms with E-state index in [-0.39, 0.29) is 18.3 Å². The molecule has 0 fully saturated rings. The van der Waals surface area contributed by atoms with Gasteiger partial charge in [0.05, 0.1) is 26.7 Å². The largest absolute Gasteiger partial charge is 0.279 e. The van der Waals surface area contributed by atoms with E-state index in [1.54, 1.807) is 30.6 Å². The molecule has 9 heteroatoms. The molecule has 0 saturated carbocycles. The Morgan fingerprint density at radius 2 is 2.04 bits per heavy atom. The van der Waals surface area contributed by atoms with Gasteiger partial charge in [-0.1, -0.05) is 40.6 Å². The van der Waals surface area contributed by atoms with Crippen molar-refractivity contribution < 1.29 is 9.18 Å². The zero-order chi connectivity index (χ0) is 19.0. The summed E-state index contributed by atoms with van der Waals surface area (Å²) in [6.07, 6.45) is 3.33. The number of halogens is 3. The summed E-state index contributed by atoms with van der Waals surface area (Å²) < 4.78 is 14.9. The van der Waals surface area contributed by atoms with Crippen LogP contribution < -0.4 is 4.90 Å². The van der Waals surface area contributed by atoms with E-state index < -0.39 is 0 Å². The van der Waals surface area contributed by atoms with Crippen LogP contribution in [0.2, 0.25) is 8.67 Å². The number of nitrogens with zero attached hydrogens (tertiary/aromatic N) is 3. The molecule has 0 aliphatic heterocycles. The summed E-state index contributed by atoms with van der Waals surface area (Å²) in [6.45, 7) is 0.249. The summed E-state index contributed by atoms with van der Waals surface area (Å²) in [5, 5.41) is 0.447. The molecule has 0 aliphatic rings. The number of amides is 1. The fourth-order valence-corrected chi connectivity index (χ4v) is 4.97. The van der Waals surface area contributed by atoms with E-state index in [2.05, 4.69) is 9.97 Å². The van der Waals surface area contributed by atoms with Crippen LogP contribution in [0.4, 0.5) is 9.52 Å². The Balaban J connectivity index is 1.79. The van der Waals surface area contributed by atoms with Crippen molar-refractivity contribution in [3.8, 4) is 0 Å². The standard InChI is InChI=1S/C18H10Cl2FN3OS2/c19-15-7-12(16(20)27-15)17(25)24(9-10-2-1-5-22-8-10)18-23-13-4-3-11(21)6-14(13)26-18/h1-8H,9H2. The van der Waals surface area contributed by atoms with Crippen molar-refractivity contribution in [2.75, 3.05) is 4.90 Å². The van der Waals surface area contributed by atoms with Gasteiger partial charge in [0.25, 0.3) is 5.91 Å². The maximum atomic E-state index is 13.5. The molecular weight excluding hydrogens is 428 g/mol. The third kappa shape index (κ3) is 3.82. The minimum Gasteiger partial charge on any atom is -0.279 e. The molecular formula is C18H10Cl2FN3OS2. The highest BCUT2D eigenvalue weighted by Crippen LogP contribution is 2.35. The predicted molar refractivity (Wildman–Crippen MR) is 109 cm³/mol. The van der Waals surface area contributed by atoms with Crippen LogP contribution in [-0.4, -0.2) is 15.9 Å². The average molecular weight is 438 g/mol. The maximum Gasteiger partial charge on any atom is 0.262 e. The van der Waals surface area contributed by atoms with Crippen molar-refractivity contribution in [1.29, 1.82) is 0 Å². The van der Waals surface area contributed by atoms with Crippen LogP contribution in [0, 0.1) is 5.82 Å². The monoisotopic (exact) mass is 437 g/mol. The van der Waals surface area contributed by atoms with Crippen LogP contribution in [0.5, 0.6) is 0 Å². The quantitative estimate of drug-likeness (QED) is 0.390. The van der Waals surface area contributed by atoms with Crippen LogP contribution in [-0.2, 0) is 6.54 Å². The van der Waals surface area contributed by atoms with Crippen molar-refractivity contribution in [2.45, 2.75) is 6.54 Å². The average Bonchev–Trinajstić information content (AvgIpc) is 3.22. The Bertz CT molecular complexity index is 1130. The van der Waals surface area contributed by atoms with Crippen LogP contribution in [0.1, 0.15) is 15.9 Å². The summed E-state index contributed by atoms with van der Waals surface area (Å²) in [5.74, 6) is -0.679. The molecule has 0 unspecified atom stereocenters. The van der Waals surface area contributed by atoms with E-state index in [9.17, 15) is 9.18 Å². The zero-order valence-electron chi connectivity index (χ0n) is 13.5. The Labute approximate surface area is 171 Å². The first-order valence-electron chi connectivity index (χ1n) is 7.73. The lowest BCUT2D eigenvalue weighted by atomic mass is 10.2. The molecule has 0 atom stereocenters. The lowest BCUT2D eigenvalue weighted by Crippen LogP contribution is -2.30. The number of pyridine rings is 1. The molecule has 3 aromatic heterocycles. The van der Waals surface area contributed by atoms with Gasteiger partial charge >= 0.3 is 0 Å². The van der Waals surface area contributed by atoms with E-state index in [1.807, 2.05) is 6.07 Å². The Morgan fingerprint density at radius 1 is 1.19 bits per heavy atom. The number of carbonyl (C=O) groups is 1. The first-order chi connectivity index (χ1) is 13.0. The van der Waals surface area contributed by atoms with Gasteiger partial charge in [0.2, 0.25) is 0 Å². The molecule has 4 nitrogen and oxygen atoms in total. The molecule has 3 heterocycles. The summed E-state index contributed by atoms with van der Waals surface area (Å²) in [7, 11) is 0. The van der Waals surface area contributed by atoms with Gasteiger partial charge < -0.3 is 0 Å². The zero-order valence-corrected chi connectivity index (χ0v) is 16.7. The van der Waals surface area contributed by atoms with E-state index in [1.165, 1.54) is 28.4 Å². The minimum absolute atomic E-state index is 0.249. The molecule has 4 rings (SSSR count). The van der Waals surface area contributed by atoms with Crippen LogP contribution in [0.25, 0.3) is 10.2 Å². The second-order valence-corrected chi connectivity index (χ2v) is 8.89. The summed E-state index contributed by atoms with van der Waals surface area (Å²) >= 11 is 14.5. The van der Waals surface area contributed by atoms with E-state index >= 15 is 0 Å². The Kier molecular flexibility index (Phi) is 5.10. The van der Waals surface area contributed by atoms with Gasteiger partial charge in [-0.15, -0.1) is 11.3 Å². The number of carbonyl (C=O) groups excluding carboxylic acids is 1. The first-order valence-corrected chi connectivity index (χ1v) is 10.1. The molecule has 0 saturated heterocycles. The highest BCUT2D eigenvalue weighted by molar-refractivity contribution is 7.22. The second kappa shape index (κ2) is 7.52. The number of aromatic nitrogens is 2. The van der Waals surface area contributed by atoms with Crippen molar-refractivity contribution >= 4 is 67.1 Å². The number of hydrogen-bond acceptors (Lipinski definition) is 5. The van der Waals surface area contributed by atoms with Gasteiger partial charge in [-0.2, -0.15) is 0 Å². The van der Waals surface area contributed by atoms with Crippen molar-refractivity contribution in [1.82, 2.24) is 9.97 Å². The van der Waals surface area contributed by atoms with Crippen molar-refractivity contribution in [3.63, 3.8) is 0 Å². The molecule has 136 valence electrons. The molecule has 0 bridgehead atoms. The summed E-state index contributed by atoms with van der Waals surface area (Å²) in [5.41, 5.74) is 1.75. The normalized spacial score (nSPS) is 11.1. The molecule has 1 amide bonds. The lowest BCUT2D eigenvalue weighted by molar-refractivity contribution is 0.0985. The Hall–Kier alpha value is -2.06. The first kappa shape index (κ1) is 18.3. The Morgan fingerprint density at radius 3 is 2.74 bits per heavy atom. The number of fused-ring (bicyclic) bond motifs is 1. The molecule has 0 aliphatic carbocycles. The fraction of sp³-hybridized carbons (Fsp3) is 0.0556. The highest BCUT2D eigenvalue weighted by atomic mass is 35.5. The van der Waals surface area contributed by atoms with Crippen molar-refractivity contribution in [2.24, 2.45) is 0 Å². The van der Waals surface area contributed by atoms with Gasteiger partial charge in [0.15, 0.2) is 5.13 Å². The number of hydrogen-bond donors (Lipinski definition) is 0. The van der Waals surface area contributed by atoms with Crippen LogP contribution in [0.15, 0.2) is 48.8 Å². The van der Waals surface area contributed by atoms with Crippen LogP contribution >= 0.6 is 45.9 Å². The van der Waals surface area contributed by atoms with Gasteiger partial charge in [-0.3, -0.25) is 14.7 Å². The van der Waals surface area contributed by atoms with E-state index in [0.717, 1.165) is 16.9 Å². The topological polar surface area (TPSA) is 46.1 Å². The molecule has 0 N–H and O–H groups in total. The minimum atomic E-state index is -0.351. The smallest absolute Gasteiger partial charge is 0.262 e. The van der Waals surface area contributed by atoms with Gasteiger partial charge in [0.1, 0.15) is 10.2 Å². The maximum absolute atomic E-state index is 13.5. The predicted octanol–water partition coefficient (Wildman–Crippen LogP) is 6.05. The van der Waals surface area contributed by atoms with Crippen molar-refractivity contribution in [3.05, 3.63) is 74.4 Å². The second-order valence-electron chi connectivity index (χ2n) is 5.60. The van der Waals surface area contributed by atoms with Gasteiger partial charge in [-0.25, -0.2) is 9.37 Å². The fourth-order valence-electron chi connectivity index (χ4n) is 2.53. The van der Waals surface area contributed by atoms with Gasteiger partial charge in [0, 0.05) is 12.4 Å². The molecule has 27 heavy (non-hydrogen) atoms. The number of anilines is 1. The van der Waals surface area contributed by atoms with E-state index in [4.69, 9.17) is 23.2 Å². The van der Waals surface area contributed by atoms with E-state index in [0.29, 0.717) is 29.6 Å². The third-order valence-corrected chi connectivity index (χ3v) is 6.29. The summed E-state index contributed by atoms with van der Waals surface area (Å²) in [6, 6.07) is 9.53. The summed E-state index contributed by atoms with van der Waals surface area (Å²) in [4.78, 5) is 23.3. The number of thiazole rings is 1. The lowest BCUT2D eigenvalue weighted by Gasteiger charge is -2.19. The van der Waals surface area contributed by atoms with Crippen LogP contribution in [0.3, 0.4) is 0 Å². The van der Waals surface area contributed by atoms with Gasteiger partial charge in [-0.05, 0) is 35.9 Å². The third-order valence-electron chi connectivity index (χ3n) is 3.77. The number of benzene rings is 1. The molecule has 4 aromatic rings. The SMILES string of the molecule is O=C(c1cc(Cl)sc1Cl)N(Cc1cccnc1)c1nc2ccc(F)cc2s1. The highest BCUT2D eigenvalue weighted by Gasteiger charge is 2.25. The number of rotatable bonds is 4. The molecule has 0 spiro atoms. The molecule has 0 radical (unpaired) electrons. The molecule has 1 aromatic carbocycles.